The van der Waals surface area contributed by atoms with Crippen LogP contribution in [0.5, 0.6) is 0 Å². The summed E-state index contributed by atoms with van der Waals surface area (Å²) in [4.78, 5) is 26.6. The lowest BCUT2D eigenvalue weighted by Gasteiger charge is -2.29. The lowest BCUT2D eigenvalue weighted by molar-refractivity contribution is -0.122. The van der Waals surface area contributed by atoms with E-state index in [1.165, 1.54) is 11.0 Å². The van der Waals surface area contributed by atoms with Crippen molar-refractivity contribution in [3.63, 3.8) is 0 Å². The molecule has 150 valence electrons. The van der Waals surface area contributed by atoms with Crippen LogP contribution in [-0.4, -0.2) is 16.9 Å². The number of rotatable bonds is 3. The Morgan fingerprint density at radius 3 is 2.43 bits per heavy atom. The first-order chi connectivity index (χ1) is 14.3. The molecule has 1 aromatic heterocycles. The molecule has 0 saturated carbocycles. The molecule has 0 bridgehead atoms. The molecule has 1 fully saturated rings. The van der Waals surface area contributed by atoms with Gasteiger partial charge in [-0.1, -0.05) is 46.9 Å². The van der Waals surface area contributed by atoms with Gasteiger partial charge in [0.05, 0.1) is 20.8 Å². The predicted molar refractivity (Wildman–Crippen MR) is 122 cm³/mol. The molecule has 1 N–H and O–H groups in total. The van der Waals surface area contributed by atoms with Crippen molar-refractivity contribution in [1.29, 1.82) is 0 Å². The molecule has 0 radical (unpaired) electrons. The van der Waals surface area contributed by atoms with Gasteiger partial charge < -0.3 is 4.42 Å². The highest BCUT2D eigenvalue weighted by molar-refractivity contribution is 7.80. The fraction of sp³-hybridized carbons (Fsp3) is 0. The molecule has 1 aliphatic rings. The van der Waals surface area contributed by atoms with E-state index in [4.69, 9.17) is 51.4 Å². The van der Waals surface area contributed by atoms with Crippen molar-refractivity contribution in [2.75, 3.05) is 4.90 Å². The van der Waals surface area contributed by atoms with Crippen molar-refractivity contribution in [2.24, 2.45) is 0 Å². The number of halogens is 3. The minimum atomic E-state index is -0.624. The number of thiocarbonyl (C=S) groups is 1. The standard InChI is InChI=1S/C21H11Cl3N2O3S/c22-14-7-5-11(9-16(14)24)18-8-6-12(29-18)10-13-19(27)25-21(30)26(20(13)28)17-4-2-1-3-15(17)23/h1-10H,(H,25,27,30)/b13-10-. The molecule has 1 saturated heterocycles. The highest BCUT2D eigenvalue weighted by Gasteiger charge is 2.35. The quantitative estimate of drug-likeness (QED) is 0.297. The number of furan rings is 1. The fourth-order valence-corrected chi connectivity index (χ4v) is 3.68. The summed E-state index contributed by atoms with van der Waals surface area (Å²) in [6, 6.07) is 15.1. The first-order valence-corrected chi connectivity index (χ1v) is 10.1. The molecule has 0 unspecified atom stereocenters. The Hall–Kier alpha value is -2.64. The van der Waals surface area contributed by atoms with Crippen LogP contribution >= 0.6 is 47.0 Å². The molecule has 4 rings (SSSR count). The van der Waals surface area contributed by atoms with Crippen molar-refractivity contribution in [3.05, 3.63) is 81.0 Å². The second-order valence-corrected chi connectivity index (χ2v) is 7.85. The third-order valence-corrected chi connectivity index (χ3v) is 5.66. The van der Waals surface area contributed by atoms with Crippen LogP contribution in [-0.2, 0) is 9.59 Å². The molecule has 0 atom stereocenters. The lowest BCUT2D eigenvalue weighted by atomic mass is 10.1. The van der Waals surface area contributed by atoms with Crippen LogP contribution in [0.3, 0.4) is 0 Å². The van der Waals surface area contributed by atoms with Gasteiger partial charge in [0.15, 0.2) is 5.11 Å². The number of para-hydroxylation sites is 1. The van der Waals surface area contributed by atoms with E-state index in [2.05, 4.69) is 5.32 Å². The van der Waals surface area contributed by atoms with Gasteiger partial charge in [0.1, 0.15) is 17.1 Å². The van der Waals surface area contributed by atoms with E-state index in [0.29, 0.717) is 37.8 Å². The molecule has 30 heavy (non-hydrogen) atoms. The van der Waals surface area contributed by atoms with Gasteiger partial charge in [-0.15, -0.1) is 0 Å². The first kappa shape index (κ1) is 20.6. The minimum absolute atomic E-state index is 0.0498. The van der Waals surface area contributed by atoms with E-state index in [9.17, 15) is 9.59 Å². The molecule has 3 aromatic rings. The van der Waals surface area contributed by atoms with Crippen LogP contribution in [0.1, 0.15) is 5.76 Å². The number of hydrogen-bond acceptors (Lipinski definition) is 4. The summed E-state index contributed by atoms with van der Waals surface area (Å²) in [6.07, 6.45) is 1.35. The van der Waals surface area contributed by atoms with Gasteiger partial charge in [0, 0.05) is 5.56 Å². The highest BCUT2D eigenvalue weighted by atomic mass is 35.5. The maximum Gasteiger partial charge on any atom is 0.270 e. The lowest BCUT2D eigenvalue weighted by Crippen LogP contribution is -2.54. The number of benzene rings is 2. The number of nitrogens with one attached hydrogen (secondary N) is 1. The number of hydrogen-bond donors (Lipinski definition) is 1. The third kappa shape index (κ3) is 3.87. The second kappa shape index (κ2) is 8.24. The minimum Gasteiger partial charge on any atom is -0.457 e. The Kier molecular flexibility index (Phi) is 5.66. The summed E-state index contributed by atoms with van der Waals surface area (Å²) in [7, 11) is 0. The number of amides is 2. The fourth-order valence-electron chi connectivity index (χ4n) is 2.89. The number of anilines is 1. The largest absolute Gasteiger partial charge is 0.457 e. The summed E-state index contributed by atoms with van der Waals surface area (Å²) < 4.78 is 5.77. The van der Waals surface area contributed by atoms with Crippen LogP contribution in [0.4, 0.5) is 5.69 Å². The Morgan fingerprint density at radius 1 is 0.933 bits per heavy atom. The molecule has 2 aromatic carbocycles. The SMILES string of the molecule is O=C1NC(=S)N(c2ccccc2Cl)C(=O)/C1=C\c1ccc(-c2ccc(Cl)c(Cl)c2)o1. The summed E-state index contributed by atoms with van der Waals surface area (Å²) >= 11 is 23.4. The van der Waals surface area contributed by atoms with Crippen LogP contribution in [0.2, 0.25) is 15.1 Å². The average Bonchev–Trinajstić information content (AvgIpc) is 3.17. The van der Waals surface area contributed by atoms with Crippen molar-refractivity contribution in [3.8, 4) is 11.3 Å². The predicted octanol–water partition coefficient (Wildman–Crippen LogP) is 5.74. The van der Waals surface area contributed by atoms with E-state index in [1.807, 2.05) is 0 Å². The van der Waals surface area contributed by atoms with Crippen LogP contribution < -0.4 is 10.2 Å². The zero-order chi connectivity index (χ0) is 21.4. The maximum atomic E-state index is 13.0. The van der Waals surface area contributed by atoms with Crippen molar-refractivity contribution < 1.29 is 14.0 Å². The maximum absolute atomic E-state index is 13.0. The molecule has 1 aliphatic heterocycles. The smallest absolute Gasteiger partial charge is 0.270 e. The second-order valence-electron chi connectivity index (χ2n) is 6.24. The van der Waals surface area contributed by atoms with E-state index in [0.717, 1.165) is 0 Å². The van der Waals surface area contributed by atoms with Crippen LogP contribution in [0, 0.1) is 0 Å². The molecule has 2 heterocycles. The Bertz CT molecular complexity index is 1240. The molecular weight excluding hydrogens is 467 g/mol. The van der Waals surface area contributed by atoms with Gasteiger partial charge in [-0.25, -0.2) is 0 Å². The van der Waals surface area contributed by atoms with Crippen LogP contribution in [0.25, 0.3) is 17.4 Å². The Labute approximate surface area is 191 Å². The summed E-state index contributed by atoms with van der Waals surface area (Å²) in [5, 5.41) is 3.59. The van der Waals surface area contributed by atoms with Gasteiger partial charge in [0.2, 0.25) is 0 Å². The number of carbonyl (C=O) groups is 2. The van der Waals surface area contributed by atoms with E-state index in [1.54, 1.807) is 54.6 Å². The molecule has 0 aliphatic carbocycles. The number of carbonyl (C=O) groups excluding carboxylic acids is 2. The highest BCUT2D eigenvalue weighted by Crippen LogP contribution is 2.31. The zero-order valence-corrected chi connectivity index (χ0v) is 18.1. The van der Waals surface area contributed by atoms with Gasteiger partial charge >= 0.3 is 0 Å². The first-order valence-electron chi connectivity index (χ1n) is 8.56. The molecule has 2 amide bonds. The molecule has 0 spiro atoms. The monoisotopic (exact) mass is 476 g/mol. The molecule has 5 nitrogen and oxygen atoms in total. The van der Waals surface area contributed by atoms with Crippen LogP contribution in [0.15, 0.2) is 64.6 Å². The summed E-state index contributed by atoms with van der Waals surface area (Å²) in [5.41, 5.74) is 0.932. The third-order valence-electron chi connectivity index (χ3n) is 4.31. The summed E-state index contributed by atoms with van der Waals surface area (Å²) in [5.74, 6) is -0.422. The summed E-state index contributed by atoms with van der Waals surface area (Å²) in [6.45, 7) is 0. The zero-order valence-electron chi connectivity index (χ0n) is 15.0. The Balaban J connectivity index is 1.69. The van der Waals surface area contributed by atoms with E-state index in [-0.39, 0.29) is 10.7 Å². The van der Waals surface area contributed by atoms with Gasteiger partial charge in [0.25, 0.3) is 11.8 Å². The van der Waals surface area contributed by atoms with Crippen molar-refractivity contribution in [2.45, 2.75) is 0 Å². The van der Waals surface area contributed by atoms with Gasteiger partial charge in [-0.3, -0.25) is 19.8 Å². The van der Waals surface area contributed by atoms with Crippen molar-refractivity contribution >= 4 is 75.7 Å². The average molecular weight is 478 g/mol. The van der Waals surface area contributed by atoms with E-state index < -0.39 is 11.8 Å². The topological polar surface area (TPSA) is 62.6 Å². The van der Waals surface area contributed by atoms with Gasteiger partial charge in [-0.2, -0.15) is 0 Å². The number of nitrogens with zero attached hydrogens (tertiary/aromatic N) is 1. The van der Waals surface area contributed by atoms with E-state index >= 15 is 0 Å². The van der Waals surface area contributed by atoms with Crippen molar-refractivity contribution in [1.82, 2.24) is 5.32 Å². The Morgan fingerprint density at radius 2 is 1.70 bits per heavy atom. The normalized spacial score (nSPS) is 15.6. The molecule has 9 heteroatoms. The molecular formula is C21H11Cl3N2O3S. The van der Waals surface area contributed by atoms with Gasteiger partial charge in [-0.05, 0) is 60.8 Å².